The molecule has 1 aliphatic heterocycles. The second kappa shape index (κ2) is 7.22. The monoisotopic (exact) mass is 375 g/mol. The number of benzene rings is 1. The number of hydrogen-bond donors (Lipinski definition) is 0. The van der Waals surface area contributed by atoms with Crippen LogP contribution in [0.1, 0.15) is 30.9 Å². The van der Waals surface area contributed by atoms with Gasteiger partial charge in [-0.25, -0.2) is 8.42 Å². The average molecular weight is 375 g/mol. The maximum absolute atomic E-state index is 13.3. The number of nitrogens with zero attached hydrogens (tertiary/aromatic N) is 3. The smallest absolute Gasteiger partial charge is 0.371 e. The van der Waals surface area contributed by atoms with Gasteiger partial charge in [0.25, 0.3) is 0 Å². The summed E-state index contributed by atoms with van der Waals surface area (Å²) in [6, 6.07) is 5.06. The summed E-state index contributed by atoms with van der Waals surface area (Å²) < 4.78 is 64.9. The molecule has 0 amide bonds. The molecule has 0 atom stereocenters. The number of halogens is 3. The second-order valence-electron chi connectivity index (χ2n) is 6.03. The van der Waals surface area contributed by atoms with Gasteiger partial charge in [-0.2, -0.15) is 22.7 Å². The summed E-state index contributed by atoms with van der Waals surface area (Å²) in [7, 11) is -3.34. The van der Waals surface area contributed by atoms with Crippen molar-refractivity contribution in [3.05, 3.63) is 29.3 Å². The molecule has 25 heavy (non-hydrogen) atoms. The summed E-state index contributed by atoms with van der Waals surface area (Å²) in [6.45, 7) is 2.74. The number of sulfonamides is 1. The predicted molar refractivity (Wildman–Crippen MR) is 88.6 cm³/mol. The molecule has 9 heteroatoms. The molecule has 1 aromatic rings. The summed E-state index contributed by atoms with van der Waals surface area (Å²) >= 11 is 0. The van der Waals surface area contributed by atoms with E-state index in [1.54, 1.807) is 17.9 Å². The SMILES string of the molecule is CCN(C1CCN(c2ccc(C#N)cc2C(F)(F)F)CC1)S(C)(=O)=O. The Balaban J connectivity index is 2.23. The third kappa shape index (κ3) is 4.44. The summed E-state index contributed by atoms with van der Waals surface area (Å²) in [5, 5.41) is 8.83. The van der Waals surface area contributed by atoms with E-state index >= 15 is 0 Å². The van der Waals surface area contributed by atoms with E-state index in [0.717, 1.165) is 12.3 Å². The van der Waals surface area contributed by atoms with Crippen molar-refractivity contribution in [1.29, 1.82) is 5.26 Å². The molecule has 0 N–H and O–H groups in total. The van der Waals surface area contributed by atoms with Crippen LogP contribution in [0.15, 0.2) is 18.2 Å². The molecule has 138 valence electrons. The molecule has 1 saturated heterocycles. The van der Waals surface area contributed by atoms with Crippen molar-refractivity contribution in [3.8, 4) is 6.07 Å². The van der Waals surface area contributed by atoms with Crippen LogP contribution < -0.4 is 4.90 Å². The van der Waals surface area contributed by atoms with Gasteiger partial charge in [0.05, 0.1) is 23.5 Å². The minimum Gasteiger partial charge on any atom is -0.371 e. The van der Waals surface area contributed by atoms with E-state index in [1.807, 2.05) is 0 Å². The quantitative estimate of drug-likeness (QED) is 0.812. The van der Waals surface area contributed by atoms with Crippen molar-refractivity contribution >= 4 is 15.7 Å². The molecular formula is C16H20F3N3O2S. The van der Waals surface area contributed by atoms with E-state index in [1.165, 1.54) is 16.4 Å². The van der Waals surface area contributed by atoms with Crippen molar-refractivity contribution in [1.82, 2.24) is 4.31 Å². The molecule has 5 nitrogen and oxygen atoms in total. The molecule has 1 heterocycles. The van der Waals surface area contributed by atoms with Crippen molar-refractivity contribution in [3.63, 3.8) is 0 Å². The molecule has 0 aliphatic carbocycles. The van der Waals surface area contributed by atoms with Crippen LogP contribution in [0, 0.1) is 11.3 Å². The lowest BCUT2D eigenvalue weighted by molar-refractivity contribution is -0.137. The highest BCUT2D eigenvalue weighted by atomic mass is 32.2. The van der Waals surface area contributed by atoms with E-state index in [9.17, 15) is 21.6 Å². The van der Waals surface area contributed by atoms with Crippen LogP contribution in [0.5, 0.6) is 0 Å². The van der Waals surface area contributed by atoms with Crippen LogP contribution >= 0.6 is 0 Å². The number of nitriles is 1. The van der Waals surface area contributed by atoms with Crippen molar-refractivity contribution in [2.24, 2.45) is 0 Å². The lowest BCUT2D eigenvalue weighted by Gasteiger charge is -2.38. The Kier molecular flexibility index (Phi) is 5.64. The average Bonchev–Trinajstić information content (AvgIpc) is 2.53. The zero-order valence-corrected chi connectivity index (χ0v) is 14.9. The lowest BCUT2D eigenvalue weighted by Crippen LogP contribution is -2.47. The Morgan fingerprint density at radius 3 is 2.36 bits per heavy atom. The van der Waals surface area contributed by atoms with Gasteiger partial charge < -0.3 is 4.90 Å². The number of anilines is 1. The molecule has 2 rings (SSSR count). The Morgan fingerprint density at radius 1 is 1.32 bits per heavy atom. The van der Waals surface area contributed by atoms with Gasteiger partial charge in [0.15, 0.2) is 0 Å². The van der Waals surface area contributed by atoms with Crippen molar-refractivity contribution in [2.75, 3.05) is 30.8 Å². The van der Waals surface area contributed by atoms with Gasteiger partial charge in [0.2, 0.25) is 10.0 Å². The van der Waals surface area contributed by atoms with E-state index in [4.69, 9.17) is 5.26 Å². The summed E-state index contributed by atoms with van der Waals surface area (Å²) in [5.41, 5.74) is -0.840. The van der Waals surface area contributed by atoms with Crippen LogP contribution in [-0.2, 0) is 16.2 Å². The highest BCUT2D eigenvalue weighted by Crippen LogP contribution is 2.38. The van der Waals surface area contributed by atoms with Gasteiger partial charge >= 0.3 is 6.18 Å². The lowest BCUT2D eigenvalue weighted by atomic mass is 10.0. The van der Waals surface area contributed by atoms with Gasteiger partial charge in [-0.1, -0.05) is 6.92 Å². The van der Waals surface area contributed by atoms with E-state index in [0.29, 0.717) is 32.5 Å². The van der Waals surface area contributed by atoms with E-state index in [-0.39, 0.29) is 17.3 Å². The maximum atomic E-state index is 13.3. The number of piperidine rings is 1. The fourth-order valence-corrected chi connectivity index (χ4v) is 4.49. The fourth-order valence-electron chi connectivity index (χ4n) is 3.27. The highest BCUT2D eigenvalue weighted by Gasteiger charge is 2.37. The van der Waals surface area contributed by atoms with E-state index in [2.05, 4.69) is 0 Å². The van der Waals surface area contributed by atoms with E-state index < -0.39 is 21.8 Å². The molecule has 0 unspecified atom stereocenters. The first-order valence-corrected chi connectivity index (χ1v) is 9.76. The minimum absolute atomic E-state index is 0.0346. The molecule has 0 saturated carbocycles. The van der Waals surface area contributed by atoms with Gasteiger partial charge in [0.1, 0.15) is 0 Å². The van der Waals surface area contributed by atoms with Crippen molar-refractivity contribution in [2.45, 2.75) is 32.0 Å². The largest absolute Gasteiger partial charge is 0.418 e. The molecule has 0 bridgehead atoms. The van der Waals surface area contributed by atoms with Crippen LogP contribution in [-0.4, -0.2) is 44.7 Å². The second-order valence-corrected chi connectivity index (χ2v) is 7.96. The fraction of sp³-hybridized carbons (Fsp3) is 0.562. The first kappa shape index (κ1) is 19.5. The normalized spacial score (nSPS) is 16.9. The summed E-state index contributed by atoms with van der Waals surface area (Å²) in [5.74, 6) is 0. The van der Waals surface area contributed by atoms with Crippen LogP contribution in [0.2, 0.25) is 0 Å². The zero-order valence-electron chi connectivity index (χ0n) is 14.0. The minimum atomic E-state index is -4.55. The third-order valence-electron chi connectivity index (χ3n) is 4.38. The molecule has 1 fully saturated rings. The third-order valence-corrected chi connectivity index (χ3v) is 5.79. The van der Waals surface area contributed by atoms with Gasteiger partial charge in [0, 0.05) is 31.4 Å². The van der Waals surface area contributed by atoms with Crippen LogP contribution in [0.4, 0.5) is 18.9 Å². The Bertz CT molecular complexity index is 764. The zero-order chi connectivity index (χ0) is 18.8. The molecule has 0 aromatic heterocycles. The summed E-state index contributed by atoms with van der Waals surface area (Å²) in [6.07, 6.45) is -2.50. The number of hydrogen-bond acceptors (Lipinski definition) is 4. The Labute approximate surface area is 145 Å². The van der Waals surface area contributed by atoms with Gasteiger partial charge in [-0.15, -0.1) is 0 Å². The topological polar surface area (TPSA) is 64.4 Å². The first-order valence-electron chi connectivity index (χ1n) is 7.91. The maximum Gasteiger partial charge on any atom is 0.418 e. The molecule has 1 aliphatic rings. The Hall–Kier alpha value is -1.79. The number of alkyl halides is 3. The summed E-state index contributed by atoms with van der Waals surface area (Å²) in [4.78, 5) is 1.61. The molecule has 0 radical (unpaired) electrons. The molecule has 1 aromatic carbocycles. The van der Waals surface area contributed by atoms with Crippen molar-refractivity contribution < 1.29 is 21.6 Å². The standard InChI is InChI=1S/C16H20F3N3O2S/c1-3-22(25(2,23)24)13-6-8-21(9-7-13)15-5-4-12(11-20)10-14(15)16(17,18)19/h4-5,10,13H,3,6-9H2,1-2H3. The first-order chi connectivity index (χ1) is 11.6. The molecular weight excluding hydrogens is 355 g/mol. The van der Waals surface area contributed by atoms with Crippen LogP contribution in [0.25, 0.3) is 0 Å². The highest BCUT2D eigenvalue weighted by molar-refractivity contribution is 7.88. The van der Waals surface area contributed by atoms with Crippen LogP contribution in [0.3, 0.4) is 0 Å². The Morgan fingerprint density at radius 2 is 1.92 bits per heavy atom. The van der Waals surface area contributed by atoms with Gasteiger partial charge in [-0.3, -0.25) is 0 Å². The molecule has 0 spiro atoms. The number of rotatable bonds is 4. The predicted octanol–water partition coefficient (Wildman–Crippen LogP) is 2.83. The van der Waals surface area contributed by atoms with Gasteiger partial charge in [-0.05, 0) is 31.0 Å².